The average molecular weight is 355 g/mol. The number of aliphatic hydroxyl groups is 1. The van der Waals surface area contributed by atoms with Crippen molar-refractivity contribution in [3.05, 3.63) is 28.8 Å². The van der Waals surface area contributed by atoms with Gasteiger partial charge in [0.2, 0.25) is 0 Å². The maximum Gasteiger partial charge on any atom is 0.122 e. The third kappa shape index (κ3) is 2.92. The monoisotopic (exact) mass is 355 g/mol. The summed E-state index contributed by atoms with van der Waals surface area (Å²) >= 11 is 0. The van der Waals surface area contributed by atoms with Crippen LogP contribution < -0.4 is 4.74 Å². The van der Waals surface area contributed by atoms with Crippen LogP contribution in [0.15, 0.2) is 12.1 Å². The predicted octanol–water partition coefficient (Wildman–Crippen LogP) is 3.82. The summed E-state index contributed by atoms with van der Waals surface area (Å²) in [6.07, 6.45) is 9.07. The van der Waals surface area contributed by atoms with Gasteiger partial charge in [-0.25, -0.2) is 0 Å². The Morgan fingerprint density at radius 1 is 1.12 bits per heavy atom. The number of aliphatic hydroxyl groups excluding tert-OH is 1. The molecule has 4 nitrogen and oxygen atoms in total. The molecule has 2 aliphatic carbocycles. The third-order valence-corrected chi connectivity index (χ3v) is 6.83. The zero-order valence-corrected chi connectivity index (χ0v) is 15.7. The van der Waals surface area contributed by atoms with Crippen LogP contribution in [0.5, 0.6) is 5.75 Å². The summed E-state index contributed by atoms with van der Waals surface area (Å²) in [6, 6.07) is 6.77. The molecule has 1 saturated heterocycles. The average Bonchev–Trinajstić information content (AvgIpc) is 2.89. The highest BCUT2D eigenvalue weighted by atomic mass is 16.5. The van der Waals surface area contributed by atoms with Crippen molar-refractivity contribution in [1.82, 2.24) is 0 Å². The molecule has 1 aliphatic heterocycles. The molecule has 1 atom stereocenters. The first-order valence-corrected chi connectivity index (χ1v) is 10.0. The van der Waals surface area contributed by atoms with E-state index < -0.39 is 5.41 Å². The highest BCUT2D eigenvalue weighted by molar-refractivity contribution is 5.54. The molecule has 1 unspecified atom stereocenters. The lowest BCUT2D eigenvalue weighted by atomic mass is 9.68. The van der Waals surface area contributed by atoms with Crippen molar-refractivity contribution in [2.75, 3.05) is 13.7 Å². The van der Waals surface area contributed by atoms with Crippen molar-refractivity contribution >= 4 is 0 Å². The lowest BCUT2D eigenvalue weighted by Crippen LogP contribution is -2.35. The van der Waals surface area contributed by atoms with Crippen LogP contribution >= 0.6 is 0 Å². The summed E-state index contributed by atoms with van der Waals surface area (Å²) in [7, 11) is 1.73. The largest absolute Gasteiger partial charge is 0.496 e. The summed E-state index contributed by atoms with van der Waals surface area (Å²) < 4.78 is 12.1. The van der Waals surface area contributed by atoms with Gasteiger partial charge in [0.1, 0.15) is 5.75 Å². The summed E-state index contributed by atoms with van der Waals surface area (Å²) in [4.78, 5) is 0. The van der Waals surface area contributed by atoms with Crippen LogP contribution in [0.4, 0.5) is 0 Å². The summed E-state index contributed by atoms with van der Waals surface area (Å²) in [5.74, 6) is 0.928. The van der Waals surface area contributed by atoms with Crippen molar-refractivity contribution in [1.29, 1.82) is 5.26 Å². The number of ether oxygens (including phenoxy) is 2. The Labute approximate surface area is 156 Å². The van der Waals surface area contributed by atoms with Gasteiger partial charge in [0.25, 0.3) is 0 Å². The molecule has 4 rings (SSSR count). The number of benzene rings is 1. The number of methoxy groups -OCH3 is 1. The van der Waals surface area contributed by atoms with Crippen LogP contribution in [0.1, 0.15) is 68.1 Å². The third-order valence-electron chi connectivity index (χ3n) is 6.83. The molecule has 1 aromatic carbocycles. The van der Waals surface area contributed by atoms with Gasteiger partial charge in [-0.3, -0.25) is 0 Å². The minimum absolute atomic E-state index is 0.118. The number of hydrogen-bond donors (Lipinski definition) is 1. The van der Waals surface area contributed by atoms with Gasteiger partial charge in [0, 0.05) is 25.0 Å². The Morgan fingerprint density at radius 2 is 1.88 bits per heavy atom. The second-order valence-corrected chi connectivity index (χ2v) is 8.39. The molecule has 0 aromatic heterocycles. The Bertz CT molecular complexity index is 705. The van der Waals surface area contributed by atoms with E-state index in [-0.39, 0.29) is 11.7 Å². The highest BCUT2D eigenvalue weighted by Crippen LogP contribution is 2.49. The van der Waals surface area contributed by atoms with E-state index in [4.69, 9.17) is 9.47 Å². The smallest absolute Gasteiger partial charge is 0.122 e. The Kier molecular flexibility index (Phi) is 4.71. The van der Waals surface area contributed by atoms with Crippen molar-refractivity contribution in [2.45, 2.75) is 81.3 Å². The molecule has 1 aromatic rings. The molecule has 140 valence electrons. The topological polar surface area (TPSA) is 62.5 Å². The minimum Gasteiger partial charge on any atom is -0.496 e. The highest BCUT2D eigenvalue weighted by Gasteiger charge is 2.45. The van der Waals surface area contributed by atoms with E-state index in [1.165, 1.54) is 24.0 Å². The number of nitriles is 1. The molecule has 4 heteroatoms. The Balaban J connectivity index is 1.76. The second-order valence-electron chi connectivity index (χ2n) is 8.39. The van der Waals surface area contributed by atoms with Crippen LogP contribution in [0.3, 0.4) is 0 Å². The van der Waals surface area contributed by atoms with E-state index in [0.29, 0.717) is 12.8 Å². The van der Waals surface area contributed by atoms with Crippen LogP contribution in [0.25, 0.3) is 0 Å². The molecule has 0 bridgehead atoms. The van der Waals surface area contributed by atoms with Crippen molar-refractivity contribution < 1.29 is 14.6 Å². The first kappa shape index (κ1) is 17.8. The van der Waals surface area contributed by atoms with Gasteiger partial charge in [0.15, 0.2) is 0 Å². The second kappa shape index (κ2) is 6.87. The van der Waals surface area contributed by atoms with E-state index in [9.17, 15) is 10.4 Å². The van der Waals surface area contributed by atoms with Gasteiger partial charge in [-0.1, -0.05) is 18.9 Å². The molecular weight excluding hydrogens is 326 g/mol. The quantitative estimate of drug-likeness (QED) is 0.876. The zero-order chi connectivity index (χ0) is 18.2. The molecule has 3 aliphatic rings. The van der Waals surface area contributed by atoms with Gasteiger partial charge in [0.05, 0.1) is 30.3 Å². The lowest BCUT2D eigenvalue weighted by Gasteiger charge is -2.35. The molecule has 1 saturated carbocycles. The number of fused-ring (bicyclic) bond motifs is 1. The maximum atomic E-state index is 10.1. The molecule has 26 heavy (non-hydrogen) atoms. The molecular formula is C22H29NO3. The minimum atomic E-state index is -0.480. The van der Waals surface area contributed by atoms with Crippen LogP contribution in [0.2, 0.25) is 0 Å². The predicted molar refractivity (Wildman–Crippen MR) is 99.3 cm³/mol. The van der Waals surface area contributed by atoms with Crippen LogP contribution in [-0.2, 0) is 23.0 Å². The maximum absolute atomic E-state index is 10.1. The summed E-state index contributed by atoms with van der Waals surface area (Å²) in [5, 5.41) is 20.0. The number of rotatable bonds is 2. The zero-order valence-electron chi connectivity index (χ0n) is 15.7. The van der Waals surface area contributed by atoms with Gasteiger partial charge in [-0.15, -0.1) is 0 Å². The standard InChI is InChI=1S/C22H29NO3/c1-25-20-6-5-19(21(15-23)10-7-16(24)8-11-21)17-13-22(14-18(17)20)9-3-2-4-12-26-22/h5-6,16,24H,2-4,7-14H2,1H3. The SMILES string of the molecule is COc1ccc(C2(C#N)CCC(O)CC2)c2c1CC1(CCCCCO1)C2. The van der Waals surface area contributed by atoms with Crippen molar-refractivity contribution in [3.63, 3.8) is 0 Å². The van der Waals surface area contributed by atoms with E-state index in [1.54, 1.807) is 7.11 Å². The van der Waals surface area contributed by atoms with Gasteiger partial charge < -0.3 is 14.6 Å². The summed E-state index contributed by atoms with van der Waals surface area (Å²) in [6.45, 7) is 0.835. The molecule has 2 fully saturated rings. The first-order valence-electron chi connectivity index (χ1n) is 10.0. The van der Waals surface area contributed by atoms with E-state index in [0.717, 1.165) is 56.4 Å². The molecule has 1 N–H and O–H groups in total. The van der Waals surface area contributed by atoms with Gasteiger partial charge >= 0.3 is 0 Å². The first-order chi connectivity index (χ1) is 12.6. The normalized spacial score (nSPS) is 34.1. The van der Waals surface area contributed by atoms with Gasteiger partial charge in [-0.05, 0) is 55.7 Å². The van der Waals surface area contributed by atoms with Crippen LogP contribution in [0, 0.1) is 11.3 Å². The van der Waals surface area contributed by atoms with Crippen molar-refractivity contribution in [2.24, 2.45) is 0 Å². The Hall–Kier alpha value is -1.57. The lowest BCUT2D eigenvalue weighted by molar-refractivity contribution is -0.0347. The number of hydrogen-bond acceptors (Lipinski definition) is 4. The fourth-order valence-corrected chi connectivity index (χ4v) is 5.32. The molecule has 0 amide bonds. The fourth-order valence-electron chi connectivity index (χ4n) is 5.32. The van der Waals surface area contributed by atoms with Crippen molar-refractivity contribution in [3.8, 4) is 11.8 Å². The fraction of sp³-hybridized carbons (Fsp3) is 0.682. The molecule has 1 heterocycles. The Morgan fingerprint density at radius 3 is 2.62 bits per heavy atom. The van der Waals surface area contributed by atoms with E-state index in [1.807, 2.05) is 6.07 Å². The van der Waals surface area contributed by atoms with Gasteiger partial charge in [-0.2, -0.15) is 5.26 Å². The number of nitrogens with zero attached hydrogens (tertiary/aromatic N) is 1. The van der Waals surface area contributed by atoms with E-state index in [2.05, 4.69) is 12.1 Å². The molecule has 1 spiro atoms. The summed E-state index contributed by atoms with van der Waals surface area (Å²) in [5.41, 5.74) is 3.09. The van der Waals surface area contributed by atoms with E-state index >= 15 is 0 Å². The van der Waals surface area contributed by atoms with Crippen LogP contribution in [-0.4, -0.2) is 30.5 Å². The molecule has 0 radical (unpaired) electrons.